The van der Waals surface area contributed by atoms with Crippen LogP contribution in [0.4, 0.5) is 0 Å². The molecule has 2 nitrogen and oxygen atoms in total. The second kappa shape index (κ2) is 6.22. The van der Waals surface area contributed by atoms with Crippen LogP contribution in [-0.2, 0) is 11.2 Å². The van der Waals surface area contributed by atoms with Crippen LogP contribution in [0.1, 0.15) is 17.2 Å². The van der Waals surface area contributed by atoms with Crippen LogP contribution >= 0.6 is 0 Å². The molecule has 2 aromatic rings. The van der Waals surface area contributed by atoms with Gasteiger partial charge in [0.25, 0.3) is 0 Å². The summed E-state index contributed by atoms with van der Waals surface area (Å²) < 4.78 is 10.7. The van der Waals surface area contributed by atoms with Crippen molar-refractivity contribution in [2.45, 2.75) is 12.5 Å². The van der Waals surface area contributed by atoms with Crippen molar-refractivity contribution < 1.29 is 9.47 Å². The number of hydrogen-bond donors (Lipinski definition) is 0. The fourth-order valence-corrected chi connectivity index (χ4v) is 1.98. The maximum atomic E-state index is 5.57. The first-order chi connectivity index (χ1) is 8.83. The van der Waals surface area contributed by atoms with Crippen LogP contribution in [0, 0.1) is 0 Å². The van der Waals surface area contributed by atoms with Gasteiger partial charge in [-0.05, 0) is 23.3 Å². The predicted octanol–water partition coefficient (Wildman–Crippen LogP) is 3.63. The quantitative estimate of drug-likeness (QED) is 0.797. The first kappa shape index (κ1) is 12.7. The van der Waals surface area contributed by atoms with E-state index < -0.39 is 0 Å². The molecule has 2 heteroatoms. The van der Waals surface area contributed by atoms with Gasteiger partial charge < -0.3 is 9.47 Å². The molecule has 0 aliphatic heterocycles. The summed E-state index contributed by atoms with van der Waals surface area (Å²) in [5.41, 5.74) is 2.45. The molecule has 0 aliphatic carbocycles. The molecular weight excluding hydrogens is 224 g/mol. The largest absolute Gasteiger partial charge is 0.497 e. The second-order valence-corrected chi connectivity index (χ2v) is 4.19. The Morgan fingerprint density at radius 2 is 1.56 bits per heavy atom. The van der Waals surface area contributed by atoms with Gasteiger partial charge in [-0.25, -0.2) is 0 Å². The van der Waals surface area contributed by atoms with Gasteiger partial charge in [-0.2, -0.15) is 0 Å². The Bertz CT molecular complexity index is 462. The molecular formula is C16H18O2. The second-order valence-electron chi connectivity index (χ2n) is 4.19. The Balaban J connectivity index is 2.10. The van der Waals surface area contributed by atoms with E-state index in [4.69, 9.17) is 9.47 Å². The van der Waals surface area contributed by atoms with E-state index in [2.05, 4.69) is 24.3 Å². The molecule has 1 unspecified atom stereocenters. The fourth-order valence-electron chi connectivity index (χ4n) is 1.98. The number of hydrogen-bond acceptors (Lipinski definition) is 2. The average molecular weight is 242 g/mol. The van der Waals surface area contributed by atoms with Gasteiger partial charge in [-0.3, -0.25) is 0 Å². The van der Waals surface area contributed by atoms with Crippen molar-refractivity contribution in [2.24, 2.45) is 0 Å². The van der Waals surface area contributed by atoms with Crippen molar-refractivity contribution in [2.75, 3.05) is 14.2 Å². The number of rotatable bonds is 5. The van der Waals surface area contributed by atoms with Crippen molar-refractivity contribution in [3.63, 3.8) is 0 Å². The Labute approximate surface area is 108 Å². The lowest BCUT2D eigenvalue weighted by atomic mass is 10.0. The lowest BCUT2D eigenvalue weighted by Gasteiger charge is -2.16. The van der Waals surface area contributed by atoms with Gasteiger partial charge in [-0.15, -0.1) is 0 Å². The Hall–Kier alpha value is -1.80. The molecule has 2 rings (SSSR count). The highest BCUT2D eigenvalue weighted by Crippen LogP contribution is 2.22. The van der Waals surface area contributed by atoms with Crippen molar-refractivity contribution in [1.29, 1.82) is 0 Å². The standard InChI is InChI=1S/C16H18O2/c1-17-15-10-8-13(9-11-15)12-16(18-2)14-6-4-3-5-7-14/h3-11,16H,12H2,1-2H3. The first-order valence-corrected chi connectivity index (χ1v) is 6.04. The lowest BCUT2D eigenvalue weighted by molar-refractivity contribution is 0.104. The van der Waals surface area contributed by atoms with E-state index in [-0.39, 0.29) is 6.10 Å². The molecule has 0 heterocycles. The molecule has 0 bridgehead atoms. The molecule has 2 aromatic carbocycles. The maximum Gasteiger partial charge on any atom is 0.118 e. The minimum atomic E-state index is 0.0968. The van der Waals surface area contributed by atoms with E-state index in [0.717, 1.165) is 12.2 Å². The van der Waals surface area contributed by atoms with Crippen LogP contribution in [0.3, 0.4) is 0 Å². The Morgan fingerprint density at radius 3 is 2.11 bits per heavy atom. The average Bonchev–Trinajstić information content (AvgIpc) is 2.46. The molecule has 0 fully saturated rings. The normalized spacial score (nSPS) is 12.1. The third-order valence-electron chi connectivity index (χ3n) is 3.04. The van der Waals surface area contributed by atoms with Gasteiger partial charge in [0.2, 0.25) is 0 Å². The van der Waals surface area contributed by atoms with Crippen molar-refractivity contribution in [1.82, 2.24) is 0 Å². The molecule has 0 amide bonds. The van der Waals surface area contributed by atoms with Gasteiger partial charge in [0.05, 0.1) is 13.2 Å². The summed E-state index contributed by atoms with van der Waals surface area (Å²) >= 11 is 0. The molecule has 0 saturated heterocycles. The van der Waals surface area contributed by atoms with E-state index in [1.165, 1.54) is 11.1 Å². The SMILES string of the molecule is COc1ccc(CC(OC)c2ccccc2)cc1. The van der Waals surface area contributed by atoms with Crippen LogP contribution in [-0.4, -0.2) is 14.2 Å². The van der Waals surface area contributed by atoms with Gasteiger partial charge in [0.1, 0.15) is 5.75 Å². The van der Waals surface area contributed by atoms with Gasteiger partial charge in [0.15, 0.2) is 0 Å². The topological polar surface area (TPSA) is 18.5 Å². The van der Waals surface area contributed by atoms with E-state index in [1.807, 2.05) is 30.3 Å². The zero-order valence-corrected chi connectivity index (χ0v) is 10.8. The zero-order chi connectivity index (χ0) is 12.8. The third-order valence-corrected chi connectivity index (χ3v) is 3.04. The van der Waals surface area contributed by atoms with E-state index in [9.17, 15) is 0 Å². The summed E-state index contributed by atoms with van der Waals surface area (Å²) in [6.45, 7) is 0. The maximum absolute atomic E-state index is 5.57. The molecule has 0 spiro atoms. The first-order valence-electron chi connectivity index (χ1n) is 6.04. The molecule has 0 aromatic heterocycles. The van der Waals surface area contributed by atoms with Crippen molar-refractivity contribution >= 4 is 0 Å². The Kier molecular flexibility index (Phi) is 4.37. The summed E-state index contributed by atoms with van der Waals surface area (Å²) in [5.74, 6) is 0.882. The Morgan fingerprint density at radius 1 is 0.889 bits per heavy atom. The van der Waals surface area contributed by atoms with Gasteiger partial charge in [0, 0.05) is 13.5 Å². The zero-order valence-electron chi connectivity index (χ0n) is 10.8. The van der Waals surface area contributed by atoms with Crippen LogP contribution in [0.2, 0.25) is 0 Å². The van der Waals surface area contributed by atoms with Crippen LogP contribution in [0.5, 0.6) is 5.75 Å². The molecule has 1 atom stereocenters. The summed E-state index contributed by atoms with van der Waals surface area (Å²) in [4.78, 5) is 0. The number of ether oxygens (including phenoxy) is 2. The summed E-state index contributed by atoms with van der Waals surface area (Å²) in [7, 11) is 3.43. The molecule has 94 valence electrons. The minimum absolute atomic E-state index is 0.0968. The highest BCUT2D eigenvalue weighted by atomic mass is 16.5. The van der Waals surface area contributed by atoms with E-state index >= 15 is 0 Å². The molecule has 0 saturated carbocycles. The van der Waals surface area contributed by atoms with Crippen molar-refractivity contribution in [3.05, 3.63) is 65.7 Å². The van der Waals surface area contributed by atoms with Crippen LogP contribution in [0.15, 0.2) is 54.6 Å². The van der Waals surface area contributed by atoms with Gasteiger partial charge in [-0.1, -0.05) is 42.5 Å². The van der Waals surface area contributed by atoms with Crippen LogP contribution in [0.25, 0.3) is 0 Å². The lowest BCUT2D eigenvalue weighted by Crippen LogP contribution is -2.05. The van der Waals surface area contributed by atoms with Gasteiger partial charge >= 0.3 is 0 Å². The van der Waals surface area contributed by atoms with E-state index in [0.29, 0.717) is 0 Å². The fraction of sp³-hybridized carbons (Fsp3) is 0.250. The van der Waals surface area contributed by atoms with Crippen LogP contribution < -0.4 is 4.74 Å². The third kappa shape index (κ3) is 3.11. The monoisotopic (exact) mass is 242 g/mol. The smallest absolute Gasteiger partial charge is 0.118 e. The van der Waals surface area contributed by atoms with Crippen molar-refractivity contribution in [3.8, 4) is 5.75 Å². The van der Waals surface area contributed by atoms with E-state index in [1.54, 1.807) is 14.2 Å². The molecule has 18 heavy (non-hydrogen) atoms. The summed E-state index contributed by atoms with van der Waals surface area (Å²) in [5, 5.41) is 0. The summed E-state index contributed by atoms with van der Waals surface area (Å²) in [6, 6.07) is 18.4. The number of methoxy groups -OCH3 is 2. The summed E-state index contributed by atoms with van der Waals surface area (Å²) in [6.07, 6.45) is 0.962. The molecule has 0 aliphatic rings. The highest BCUT2D eigenvalue weighted by molar-refractivity contribution is 5.29. The number of benzene rings is 2. The predicted molar refractivity (Wildman–Crippen MR) is 72.9 cm³/mol. The minimum Gasteiger partial charge on any atom is -0.497 e. The highest BCUT2D eigenvalue weighted by Gasteiger charge is 2.10. The molecule has 0 radical (unpaired) electrons. The molecule has 0 N–H and O–H groups in total.